The molecule has 1 aromatic rings. The maximum Gasteiger partial charge on any atom is 0.0838 e. The fourth-order valence-corrected chi connectivity index (χ4v) is 4.64. The van der Waals surface area contributed by atoms with Gasteiger partial charge in [-0.25, -0.2) is 0 Å². The summed E-state index contributed by atoms with van der Waals surface area (Å²) in [7, 11) is 0. The van der Waals surface area contributed by atoms with E-state index in [1.54, 1.807) is 0 Å². The van der Waals surface area contributed by atoms with Crippen LogP contribution >= 0.6 is 0 Å². The van der Waals surface area contributed by atoms with E-state index >= 15 is 0 Å². The summed E-state index contributed by atoms with van der Waals surface area (Å²) in [5, 5.41) is 14.0. The summed E-state index contributed by atoms with van der Waals surface area (Å²) < 4.78 is 6.60. The molecule has 0 aromatic heterocycles. The molecule has 1 saturated heterocycles. The molecule has 0 spiro atoms. The van der Waals surface area contributed by atoms with Gasteiger partial charge in [-0.1, -0.05) is 72.7 Å². The highest BCUT2D eigenvalue weighted by Crippen LogP contribution is 2.50. The van der Waals surface area contributed by atoms with Crippen LogP contribution in [0.25, 0.3) is 0 Å². The van der Waals surface area contributed by atoms with Crippen molar-refractivity contribution in [2.45, 2.75) is 91.9 Å². The lowest BCUT2D eigenvalue weighted by atomic mass is 9.79. The maximum absolute atomic E-state index is 10.5. The number of rotatable bonds is 9. The van der Waals surface area contributed by atoms with Crippen LogP contribution in [0.1, 0.15) is 85.0 Å². The largest absolute Gasteiger partial charge is 0.388 e. The van der Waals surface area contributed by atoms with Gasteiger partial charge in [-0.2, -0.15) is 0 Å². The van der Waals surface area contributed by atoms with Gasteiger partial charge in [0.15, 0.2) is 0 Å². The maximum atomic E-state index is 10.5. The first-order chi connectivity index (χ1) is 13.4. The number of nitrogens with one attached hydrogen (secondary N) is 1. The monoisotopic (exact) mass is 401 g/mol. The molecule has 1 saturated carbocycles. The quantitative estimate of drug-likeness (QED) is 0.572. The van der Waals surface area contributed by atoms with Gasteiger partial charge >= 0.3 is 0 Å². The highest BCUT2D eigenvalue weighted by atomic mass is 16.5. The first kappa shape index (κ1) is 22.8. The van der Waals surface area contributed by atoms with Crippen LogP contribution in [0.3, 0.4) is 0 Å². The van der Waals surface area contributed by atoms with E-state index in [1.165, 1.54) is 24.8 Å². The molecule has 0 radical (unpaired) electrons. The molecular formula is C26H43NO2. The van der Waals surface area contributed by atoms with Crippen LogP contribution in [0.2, 0.25) is 0 Å². The van der Waals surface area contributed by atoms with Crippen molar-refractivity contribution in [2.75, 3.05) is 13.2 Å². The molecule has 1 aliphatic heterocycles. The van der Waals surface area contributed by atoms with Crippen molar-refractivity contribution in [3.63, 3.8) is 0 Å². The standard InChI is InChI=1S/C26H43NO2/c1-18(16-20-8-10-21(11-9-20)23(28)24(3,4)5)19(2)26(13-14-26)29-17-25(6,7)22-12-15-27-22/h8-11,18-19,22-23,27-28H,12-17H2,1-7H3/t18?,19?,22?,23-/m1/s1. The number of hydrogen-bond donors (Lipinski definition) is 2. The zero-order valence-corrected chi connectivity index (χ0v) is 19.7. The Kier molecular flexibility index (Phi) is 6.54. The lowest BCUT2D eigenvalue weighted by molar-refractivity contribution is -0.0682. The van der Waals surface area contributed by atoms with Gasteiger partial charge in [-0.05, 0) is 60.6 Å². The molecule has 164 valence electrons. The van der Waals surface area contributed by atoms with Gasteiger partial charge in [0.05, 0.1) is 18.3 Å². The Morgan fingerprint density at radius 3 is 2.14 bits per heavy atom. The van der Waals surface area contributed by atoms with Gasteiger partial charge in [-0.15, -0.1) is 0 Å². The summed E-state index contributed by atoms with van der Waals surface area (Å²) >= 11 is 0. The minimum atomic E-state index is -0.426. The molecule has 3 nitrogen and oxygen atoms in total. The minimum Gasteiger partial charge on any atom is -0.388 e. The van der Waals surface area contributed by atoms with Crippen molar-refractivity contribution in [3.05, 3.63) is 35.4 Å². The second-order valence-electron chi connectivity index (χ2n) is 11.6. The van der Waals surface area contributed by atoms with Crippen LogP contribution in [0.4, 0.5) is 0 Å². The smallest absolute Gasteiger partial charge is 0.0838 e. The van der Waals surface area contributed by atoms with Crippen molar-refractivity contribution in [2.24, 2.45) is 22.7 Å². The summed E-state index contributed by atoms with van der Waals surface area (Å²) in [5.74, 6) is 1.12. The highest BCUT2D eigenvalue weighted by molar-refractivity contribution is 5.25. The first-order valence-electron chi connectivity index (χ1n) is 11.6. The van der Waals surface area contributed by atoms with Gasteiger partial charge in [0.2, 0.25) is 0 Å². The van der Waals surface area contributed by atoms with Crippen molar-refractivity contribution in [1.82, 2.24) is 5.32 Å². The second-order valence-corrected chi connectivity index (χ2v) is 11.6. The van der Waals surface area contributed by atoms with Crippen LogP contribution in [0.5, 0.6) is 0 Å². The van der Waals surface area contributed by atoms with E-state index < -0.39 is 6.10 Å². The Labute approximate surface area is 178 Å². The zero-order valence-electron chi connectivity index (χ0n) is 19.7. The SMILES string of the molecule is CC(Cc1ccc([C@@H](O)C(C)(C)C)cc1)C(C)C1(OCC(C)(C)C2CCN2)CC1. The lowest BCUT2D eigenvalue weighted by Crippen LogP contribution is -2.54. The third-order valence-corrected chi connectivity index (χ3v) is 7.60. The topological polar surface area (TPSA) is 41.5 Å². The van der Waals surface area contributed by atoms with Crippen molar-refractivity contribution < 1.29 is 9.84 Å². The first-order valence-corrected chi connectivity index (χ1v) is 11.6. The van der Waals surface area contributed by atoms with E-state index in [1.807, 2.05) is 0 Å². The molecule has 1 aromatic carbocycles. The van der Waals surface area contributed by atoms with E-state index in [4.69, 9.17) is 4.74 Å². The Hall–Kier alpha value is -0.900. The Morgan fingerprint density at radius 2 is 1.69 bits per heavy atom. The molecule has 4 atom stereocenters. The molecule has 3 rings (SSSR count). The molecular weight excluding hydrogens is 358 g/mol. The highest BCUT2D eigenvalue weighted by Gasteiger charge is 2.51. The summed E-state index contributed by atoms with van der Waals surface area (Å²) in [6.07, 6.45) is 4.30. The number of hydrogen-bond acceptors (Lipinski definition) is 3. The van der Waals surface area contributed by atoms with Crippen molar-refractivity contribution in [1.29, 1.82) is 0 Å². The number of aliphatic hydroxyl groups excluding tert-OH is 1. The van der Waals surface area contributed by atoms with Gasteiger partial charge in [-0.3, -0.25) is 0 Å². The van der Waals surface area contributed by atoms with Crippen LogP contribution in [0.15, 0.2) is 24.3 Å². The van der Waals surface area contributed by atoms with Gasteiger partial charge < -0.3 is 15.2 Å². The fourth-order valence-electron chi connectivity index (χ4n) is 4.64. The lowest BCUT2D eigenvalue weighted by Gasteiger charge is -2.42. The Balaban J connectivity index is 1.55. The molecule has 29 heavy (non-hydrogen) atoms. The molecule has 2 aliphatic rings. The van der Waals surface area contributed by atoms with E-state index in [0.717, 1.165) is 25.1 Å². The third kappa shape index (κ3) is 5.24. The van der Waals surface area contributed by atoms with E-state index in [2.05, 4.69) is 78.0 Å². The molecule has 1 heterocycles. The number of aliphatic hydroxyl groups is 1. The van der Waals surface area contributed by atoms with E-state index in [-0.39, 0.29) is 16.4 Å². The average molecular weight is 402 g/mol. The molecule has 1 aliphatic carbocycles. The van der Waals surface area contributed by atoms with Crippen LogP contribution in [-0.2, 0) is 11.2 Å². The molecule has 2 fully saturated rings. The molecule has 0 bridgehead atoms. The van der Waals surface area contributed by atoms with Gasteiger partial charge in [0.25, 0.3) is 0 Å². The van der Waals surface area contributed by atoms with Crippen LogP contribution in [0, 0.1) is 22.7 Å². The minimum absolute atomic E-state index is 0.0861. The summed E-state index contributed by atoms with van der Waals surface area (Å²) in [5.41, 5.74) is 2.52. The average Bonchev–Trinajstić information content (AvgIpc) is 3.38. The summed E-state index contributed by atoms with van der Waals surface area (Å²) in [4.78, 5) is 0. The predicted molar refractivity (Wildman–Crippen MR) is 121 cm³/mol. The van der Waals surface area contributed by atoms with Gasteiger partial charge in [0, 0.05) is 11.5 Å². The molecule has 0 amide bonds. The van der Waals surface area contributed by atoms with Crippen LogP contribution < -0.4 is 5.32 Å². The molecule has 2 N–H and O–H groups in total. The number of ether oxygens (including phenoxy) is 1. The molecule has 3 heteroatoms. The molecule has 3 unspecified atom stereocenters. The summed E-state index contributed by atoms with van der Waals surface area (Å²) in [6, 6.07) is 9.19. The van der Waals surface area contributed by atoms with Crippen molar-refractivity contribution in [3.8, 4) is 0 Å². The Morgan fingerprint density at radius 1 is 1.10 bits per heavy atom. The van der Waals surface area contributed by atoms with Crippen molar-refractivity contribution >= 4 is 0 Å². The van der Waals surface area contributed by atoms with E-state index in [9.17, 15) is 5.11 Å². The predicted octanol–water partition coefficient (Wildman–Crippen LogP) is 5.52. The van der Waals surface area contributed by atoms with E-state index in [0.29, 0.717) is 17.9 Å². The fraction of sp³-hybridized carbons (Fsp3) is 0.769. The Bertz CT molecular complexity index is 665. The normalized spacial score (nSPS) is 24.5. The zero-order chi connectivity index (χ0) is 21.4. The summed E-state index contributed by atoms with van der Waals surface area (Å²) in [6.45, 7) is 17.6. The van der Waals surface area contributed by atoms with Crippen LogP contribution in [-0.4, -0.2) is 29.9 Å². The second kappa shape index (κ2) is 8.32. The third-order valence-electron chi connectivity index (χ3n) is 7.60. The number of benzene rings is 1. The van der Waals surface area contributed by atoms with Gasteiger partial charge in [0.1, 0.15) is 0 Å².